The average Bonchev–Trinajstić information content (AvgIpc) is 2.37. The van der Waals surface area contributed by atoms with Crippen LogP contribution in [0.1, 0.15) is 21.5 Å². The van der Waals surface area contributed by atoms with Crippen molar-refractivity contribution in [2.45, 2.75) is 13.0 Å². The molecule has 1 aliphatic rings. The molecule has 0 saturated carbocycles. The van der Waals surface area contributed by atoms with Gasteiger partial charge in [-0.3, -0.25) is 0 Å². The fraction of sp³-hybridized carbons (Fsp3) is 0.333. The molecule has 1 aromatic carbocycles. The molecule has 0 saturated heterocycles. The number of carbonyl (C=O) groups is 1. The van der Waals surface area contributed by atoms with Crippen LogP contribution in [0.25, 0.3) is 0 Å². The van der Waals surface area contributed by atoms with E-state index in [1.165, 1.54) is 10.4 Å². The van der Waals surface area contributed by atoms with Crippen molar-refractivity contribution in [3.63, 3.8) is 0 Å². The third kappa shape index (κ3) is 2.59. The van der Waals surface area contributed by atoms with Gasteiger partial charge in [-0.25, -0.2) is 13.2 Å². The number of hydrogen-bond donors (Lipinski definition) is 1. The van der Waals surface area contributed by atoms with Crippen molar-refractivity contribution in [1.29, 1.82) is 5.26 Å². The van der Waals surface area contributed by atoms with E-state index in [9.17, 15) is 13.2 Å². The van der Waals surface area contributed by atoms with Crippen molar-refractivity contribution in [2.75, 3.05) is 12.3 Å². The minimum absolute atomic E-state index is 0.125. The van der Waals surface area contributed by atoms with Crippen LogP contribution in [0, 0.1) is 11.3 Å². The van der Waals surface area contributed by atoms with Crippen molar-refractivity contribution in [3.05, 3.63) is 34.9 Å². The van der Waals surface area contributed by atoms with Crippen LogP contribution < -0.4 is 0 Å². The predicted octanol–water partition coefficient (Wildman–Crippen LogP) is 0.596. The predicted molar refractivity (Wildman–Crippen MR) is 66.9 cm³/mol. The second-order valence-electron chi connectivity index (χ2n) is 4.25. The molecule has 0 amide bonds. The molecule has 0 bridgehead atoms. The first-order valence-corrected chi connectivity index (χ1v) is 7.25. The lowest BCUT2D eigenvalue weighted by atomic mass is 9.95. The maximum atomic E-state index is 11.8. The number of benzene rings is 1. The third-order valence-electron chi connectivity index (χ3n) is 3.10. The molecule has 0 fully saturated rings. The summed E-state index contributed by atoms with van der Waals surface area (Å²) in [5.74, 6) is -1.56. The van der Waals surface area contributed by atoms with E-state index in [0.29, 0.717) is 17.5 Å². The van der Waals surface area contributed by atoms with Crippen LogP contribution in [-0.4, -0.2) is 36.1 Å². The molecule has 0 aromatic heterocycles. The molecule has 1 aliphatic heterocycles. The van der Waals surface area contributed by atoms with Gasteiger partial charge in [-0.15, -0.1) is 0 Å². The Kier molecular flexibility index (Phi) is 3.55. The number of carboxylic acid groups (broad SMARTS) is 1. The highest BCUT2D eigenvalue weighted by molar-refractivity contribution is 7.89. The maximum Gasteiger partial charge on any atom is 0.335 e. The molecule has 100 valence electrons. The minimum atomic E-state index is -3.58. The molecule has 19 heavy (non-hydrogen) atoms. The Morgan fingerprint density at radius 2 is 2.21 bits per heavy atom. The topological polar surface area (TPSA) is 98.5 Å². The second-order valence-corrected chi connectivity index (χ2v) is 6.22. The van der Waals surface area contributed by atoms with E-state index >= 15 is 0 Å². The van der Waals surface area contributed by atoms with E-state index in [4.69, 9.17) is 10.4 Å². The summed E-state index contributed by atoms with van der Waals surface area (Å²) in [5.41, 5.74) is 1.58. The Labute approximate surface area is 110 Å². The average molecular weight is 280 g/mol. The summed E-state index contributed by atoms with van der Waals surface area (Å²) in [6.45, 7) is 0.335. The Bertz CT molecular complexity index is 661. The molecule has 0 spiro atoms. The molecular formula is C12H12N2O4S. The van der Waals surface area contributed by atoms with Crippen molar-refractivity contribution < 1.29 is 18.3 Å². The third-order valence-corrected chi connectivity index (χ3v) is 4.69. The highest BCUT2D eigenvalue weighted by atomic mass is 32.2. The van der Waals surface area contributed by atoms with Gasteiger partial charge in [0.2, 0.25) is 10.0 Å². The summed E-state index contributed by atoms with van der Waals surface area (Å²) in [7, 11) is -3.58. The van der Waals surface area contributed by atoms with Gasteiger partial charge in [-0.2, -0.15) is 9.57 Å². The SMILES string of the molecule is N#CCS(=O)(=O)N1CCc2c(cccc2C(=O)O)C1. The molecule has 7 heteroatoms. The first-order valence-electron chi connectivity index (χ1n) is 5.64. The normalized spacial score (nSPS) is 15.5. The lowest BCUT2D eigenvalue weighted by Crippen LogP contribution is -2.37. The molecular weight excluding hydrogens is 268 g/mol. The van der Waals surface area contributed by atoms with Gasteiger partial charge in [-0.1, -0.05) is 12.1 Å². The monoisotopic (exact) mass is 280 g/mol. The Morgan fingerprint density at radius 1 is 1.47 bits per heavy atom. The first-order chi connectivity index (χ1) is 8.95. The summed E-state index contributed by atoms with van der Waals surface area (Å²) >= 11 is 0. The number of carboxylic acids is 1. The van der Waals surface area contributed by atoms with Crippen LogP contribution in [0.3, 0.4) is 0 Å². The van der Waals surface area contributed by atoms with Gasteiger partial charge in [-0.05, 0) is 23.6 Å². The van der Waals surface area contributed by atoms with Gasteiger partial charge in [0.25, 0.3) is 0 Å². The highest BCUT2D eigenvalue weighted by Crippen LogP contribution is 2.24. The van der Waals surface area contributed by atoms with Crippen molar-refractivity contribution in [1.82, 2.24) is 4.31 Å². The molecule has 1 heterocycles. The highest BCUT2D eigenvalue weighted by Gasteiger charge is 2.28. The van der Waals surface area contributed by atoms with Crippen LogP contribution in [0.2, 0.25) is 0 Å². The Morgan fingerprint density at radius 3 is 2.84 bits per heavy atom. The number of hydrogen-bond acceptors (Lipinski definition) is 4. The number of rotatable bonds is 3. The molecule has 2 rings (SSSR count). The van der Waals surface area contributed by atoms with E-state index in [0.717, 1.165) is 0 Å². The largest absolute Gasteiger partial charge is 0.478 e. The zero-order valence-electron chi connectivity index (χ0n) is 10.0. The minimum Gasteiger partial charge on any atom is -0.478 e. The maximum absolute atomic E-state index is 11.8. The smallest absolute Gasteiger partial charge is 0.335 e. The molecule has 0 atom stereocenters. The molecule has 0 unspecified atom stereocenters. The quantitative estimate of drug-likeness (QED) is 0.874. The molecule has 0 aliphatic carbocycles. The first kappa shape index (κ1) is 13.5. The Hall–Kier alpha value is -1.91. The number of nitriles is 1. The van der Waals surface area contributed by atoms with E-state index < -0.39 is 21.7 Å². The lowest BCUT2D eigenvalue weighted by molar-refractivity contribution is 0.0695. The van der Waals surface area contributed by atoms with Crippen LogP contribution in [0.5, 0.6) is 0 Å². The zero-order valence-corrected chi connectivity index (χ0v) is 10.9. The molecule has 0 radical (unpaired) electrons. The van der Waals surface area contributed by atoms with Gasteiger partial charge in [0.1, 0.15) is 0 Å². The number of nitrogens with zero attached hydrogens (tertiary/aromatic N) is 2. The number of fused-ring (bicyclic) bond motifs is 1. The van der Waals surface area contributed by atoms with Gasteiger partial charge in [0, 0.05) is 13.1 Å². The fourth-order valence-corrected chi connectivity index (χ4v) is 3.25. The molecule has 1 N–H and O–H groups in total. The lowest BCUT2D eigenvalue weighted by Gasteiger charge is -2.28. The number of aromatic carboxylic acids is 1. The van der Waals surface area contributed by atoms with Gasteiger partial charge in [0.15, 0.2) is 5.75 Å². The molecule has 6 nitrogen and oxygen atoms in total. The van der Waals surface area contributed by atoms with E-state index in [1.54, 1.807) is 18.2 Å². The summed E-state index contributed by atoms with van der Waals surface area (Å²) in [6, 6.07) is 6.47. The van der Waals surface area contributed by atoms with E-state index in [-0.39, 0.29) is 18.7 Å². The van der Waals surface area contributed by atoms with Crippen molar-refractivity contribution in [3.8, 4) is 6.07 Å². The summed E-state index contributed by atoms with van der Waals surface area (Å²) < 4.78 is 24.8. The van der Waals surface area contributed by atoms with Crippen molar-refractivity contribution >= 4 is 16.0 Å². The summed E-state index contributed by atoms with van der Waals surface area (Å²) in [4.78, 5) is 11.1. The second kappa shape index (κ2) is 4.99. The van der Waals surface area contributed by atoms with Crippen LogP contribution >= 0.6 is 0 Å². The summed E-state index contributed by atoms with van der Waals surface area (Å²) in [6.07, 6.45) is 0.350. The fourth-order valence-electron chi connectivity index (χ4n) is 2.19. The van der Waals surface area contributed by atoms with Gasteiger partial charge >= 0.3 is 5.97 Å². The van der Waals surface area contributed by atoms with Crippen molar-refractivity contribution in [2.24, 2.45) is 0 Å². The molecule has 1 aromatic rings. The summed E-state index contributed by atoms with van der Waals surface area (Å²) in [5, 5.41) is 17.6. The Balaban J connectivity index is 2.34. The van der Waals surface area contributed by atoms with E-state index in [1.807, 2.05) is 0 Å². The van der Waals surface area contributed by atoms with Crippen LogP contribution in [0.15, 0.2) is 18.2 Å². The zero-order chi connectivity index (χ0) is 14.0. The van der Waals surface area contributed by atoms with E-state index in [2.05, 4.69) is 0 Å². The van der Waals surface area contributed by atoms with Crippen LogP contribution in [-0.2, 0) is 23.0 Å². The van der Waals surface area contributed by atoms with Gasteiger partial charge < -0.3 is 5.11 Å². The standard InChI is InChI=1S/C12H12N2O4S/c13-5-7-19(17,18)14-6-4-10-9(8-14)2-1-3-11(10)12(15)16/h1-3H,4,6-8H2,(H,15,16). The number of sulfonamides is 1. The van der Waals surface area contributed by atoms with Crippen LogP contribution in [0.4, 0.5) is 0 Å². The van der Waals surface area contributed by atoms with Gasteiger partial charge in [0.05, 0.1) is 11.6 Å².